The Morgan fingerprint density at radius 1 is 0.571 bits per heavy atom. The molecule has 0 N–H and O–H groups in total. The van der Waals surface area contributed by atoms with Crippen molar-refractivity contribution in [2.75, 3.05) is 9.71 Å². The maximum Gasteiger partial charge on any atom is 0.333 e. The SMILES string of the molecule is CCCCc1ccc2c(c1)c1cc(CCCC)cc3c1n2-c1cc(N(c2ccccc2)c2ccccc2)cc2c1B3N(c1cc3c(cc1C)C(C)(C)CCC3(C)C)c1ccc3c(oc4ccccc43)c1-2. The summed E-state index contributed by atoms with van der Waals surface area (Å²) >= 11 is 0. The van der Waals surface area contributed by atoms with Gasteiger partial charge in [-0.1, -0.05) is 127 Å². The number of aryl methyl sites for hydroxylation is 3. The van der Waals surface area contributed by atoms with Gasteiger partial charge in [-0.25, -0.2) is 0 Å². The number of nitrogens with zero attached hydrogens (tertiary/aromatic N) is 3. The van der Waals surface area contributed by atoms with E-state index in [1.165, 1.54) is 102 Å². The zero-order valence-electron chi connectivity index (χ0n) is 41.9. The molecule has 2 aliphatic heterocycles. The van der Waals surface area contributed by atoms with Crippen molar-refractivity contribution in [1.29, 1.82) is 0 Å². The number of fused-ring (bicyclic) bond motifs is 12. The average molecular weight is 912 g/mol. The van der Waals surface area contributed by atoms with E-state index in [1.54, 1.807) is 0 Å². The van der Waals surface area contributed by atoms with Crippen LogP contribution in [0.2, 0.25) is 0 Å². The van der Waals surface area contributed by atoms with Crippen LogP contribution < -0.4 is 20.6 Å². The van der Waals surface area contributed by atoms with Gasteiger partial charge in [-0.15, -0.1) is 0 Å². The first-order chi connectivity index (χ1) is 34.0. The van der Waals surface area contributed by atoms with Gasteiger partial charge in [0, 0.05) is 61.2 Å². The maximum absolute atomic E-state index is 7.21. The van der Waals surface area contributed by atoms with Crippen LogP contribution >= 0.6 is 0 Å². The second-order valence-corrected chi connectivity index (χ2v) is 22.1. The minimum atomic E-state index is -0.118. The van der Waals surface area contributed by atoms with E-state index in [0.29, 0.717) is 0 Å². The third-order valence-electron chi connectivity index (χ3n) is 16.6. The smallest absolute Gasteiger partial charge is 0.333 e. The molecule has 2 aromatic heterocycles. The molecule has 1 aliphatic carbocycles. The van der Waals surface area contributed by atoms with Crippen LogP contribution in [0, 0.1) is 6.92 Å². The van der Waals surface area contributed by atoms with Crippen LogP contribution in [0.1, 0.15) is 108 Å². The van der Waals surface area contributed by atoms with Crippen molar-refractivity contribution in [2.45, 2.75) is 111 Å². The van der Waals surface area contributed by atoms with E-state index < -0.39 is 0 Å². The van der Waals surface area contributed by atoms with Crippen LogP contribution in [0.25, 0.3) is 60.6 Å². The van der Waals surface area contributed by atoms with Crippen LogP contribution in [0.5, 0.6) is 0 Å². The quantitative estimate of drug-likeness (QED) is 0.128. The van der Waals surface area contributed by atoms with Crippen LogP contribution in [0.4, 0.5) is 28.4 Å². The van der Waals surface area contributed by atoms with E-state index in [9.17, 15) is 0 Å². The van der Waals surface area contributed by atoms with E-state index in [1.807, 2.05) is 0 Å². The Labute approximate surface area is 413 Å². The van der Waals surface area contributed by atoms with E-state index in [4.69, 9.17) is 4.42 Å². The molecular weight excluding hydrogens is 850 g/mol. The van der Waals surface area contributed by atoms with Crippen LogP contribution in [-0.2, 0) is 23.7 Å². The summed E-state index contributed by atoms with van der Waals surface area (Å²) in [7, 11) is 0. The molecule has 0 saturated carbocycles. The monoisotopic (exact) mass is 911 g/mol. The van der Waals surface area contributed by atoms with Gasteiger partial charge in [-0.05, 0) is 179 Å². The standard InChI is InChI=1S/C65H62BN3O/c1-8-10-20-42-28-30-55-49(35-42)50-36-43(21-11-9-2)37-54-62(50)68(55)58-39-46(67(44-22-14-12-15-23-44)45-24-16-13-17-25-45)38-51-60-56(31-29-48-47-26-18-19-27-59(47)70-63(48)60)69(66(54)61(51)58)57-40-53-52(34-41(57)3)64(4,5)32-33-65(53,6)7/h12-19,22-31,34-40H,8-11,20-21,32-33H2,1-7H3. The van der Waals surface area contributed by atoms with Gasteiger partial charge in [-0.2, -0.15) is 0 Å². The largest absolute Gasteiger partial charge is 0.455 e. The number of furan rings is 1. The van der Waals surface area contributed by atoms with Crippen molar-refractivity contribution in [1.82, 2.24) is 4.57 Å². The summed E-state index contributed by atoms with van der Waals surface area (Å²) in [4.78, 5) is 5.21. The van der Waals surface area contributed by atoms with Gasteiger partial charge in [0.1, 0.15) is 11.2 Å². The Kier molecular flexibility index (Phi) is 9.87. The van der Waals surface area contributed by atoms with Crippen molar-refractivity contribution >= 4 is 90.0 Å². The number of hydrogen-bond acceptors (Lipinski definition) is 3. The number of aromatic nitrogens is 1. The molecule has 4 heterocycles. The van der Waals surface area contributed by atoms with Crippen LogP contribution in [0.15, 0.2) is 156 Å². The Morgan fingerprint density at radius 2 is 1.23 bits per heavy atom. The van der Waals surface area contributed by atoms with E-state index in [-0.39, 0.29) is 17.7 Å². The summed E-state index contributed by atoms with van der Waals surface area (Å²) in [6.45, 7) is 16.7. The second-order valence-electron chi connectivity index (χ2n) is 22.1. The first-order valence-corrected chi connectivity index (χ1v) is 26.1. The van der Waals surface area contributed by atoms with Gasteiger partial charge in [-0.3, -0.25) is 0 Å². The Balaban J connectivity index is 1.21. The van der Waals surface area contributed by atoms with Gasteiger partial charge >= 0.3 is 6.85 Å². The first-order valence-electron chi connectivity index (χ1n) is 26.1. The molecule has 0 atom stereocenters. The fraction of sp³-hybridized carbons (Fsp3) is 0.262. The maximum atomic E-state index is 7.21. The summed E-state index contributed by atoms with van der Waals surface area (Å²) in [6.07, 6.45) is 9.14. The topological polar surface area (TPSA) is 24.6 Å². The molecule has 0 unspecified atom stereocenters. The van der Waals surface area contributed by atoms with Crippen molar-refractivity contribution in [3.8, 4) is 16.8 Å². The number of para-hydroxylation sites is 3. The lowest BCUT2D eigenvalue weighted by Gasteiger charge is -2.46. The number of anilines is 5. The van der Waals surface area contributed by atoms with Gasteiger partial charge < -0.3 is 18.7 Å². The highest BCUT2D eigenvalue weighted by atomic mass is 16.3. The lowest BCUT2D eigenvalue weighted by molar-refractivity contribution is 0.332. The summed E-state index contributed by atoms with van der Waals surface area (Å²) in [5, 5.41) is 5.00. The molecule has 4 nitrogen and oxygen atoms in total. The Hall–Kier alpha value is -6.98. The number of hydrogen-bond donors (Lipinski definition) is 0. The third-order valence-corrected chi connectivity index (χ3v) is 16.6. The highest BCUT2D eigenvalue weighted by Gasteiger charge is 2.47. The van der Waals surface area contributed by atoms with Crippen LogP contribution in [-0.4, -0.2) is 11.4 Å². The number of rotatable bonds is 10. The molecule has 0 radical (unpaired) electrons. The fourth-order valence-electron chi connectivity index (χ4n) is 12.9. The molecule has 0 spiro atoms. The molecule has 0 fully saturated rings. The van der Waals surface area contributed by atoms with Crippen molar-refractivity contribution in [2.24, 2.45) is 0 Å². The lowest BCUT2D eigenvalue weighted by atomic mass is 9.43. The Morgan fingerprint density at radius 3 is 1.94 bits per heavy atom. The predicted octanol–water partition coefficient (Wildman–Crippen LogP) is 16.7. The molecule has 70 heavy (non-hydrogen) atoms. The highest BCUT2D eigenvalue weighted by Crippen LogP contribution is 2.54. The van der Waals surface area contributed by atoms with Crippen molar-refractivity contribution in [3.63, 3.8) is 0 Å². The lowest BCUT2D eigenvalue weighted by Crippen LogP contribution is -2.61. The first kappa shape index (κ1) is 43.1. The second kappa shape index (κ2) is 16.0. The van der Waals surface area contributed by atoms with Gasteiger partial charge in [0.25, 0.3) is 0 Å². The molecule has 0 amide bonds. The minimum Gasteiger partial charge on any atom is -0.455 e. The molecule has 10 aromatic rings. The van der Waals surface area contributed by atoms with Gasteiger partial charge in [0.2, 0.25) is 0 Å². The minimum absolute atomic E-state index is 0.0344. The molecular formula is C65H62BN3O. The number of benzene rings is 8. The summed E-state index contributed by atoms with van der Waals surface area (Å²) < 4.78 is 9.87. The molecule has 13 rings (SSSR count). The average Bonchev–Trinajstić information content (AvgIpc) is 3.92. The zero-order chi connectivity index (χ0) is 47.6. The molecule has 0 bridgehead atoms. The molecule has 0 saturated heterocycles. The molecule has 346 valence electrons. The van der Waals surface area contributed by atoms with E-state index in [2.05, 4.69) is 214 Å². The molecule has 8 aromatic carbocycles. The van der Waals surface area contributed by atoms with Gasteiger partial charge in [0.15, 0.2) is 0 Å². The molecule has 3 aliphatic rings. The van der Waals surface area contributed by atoms with Crippen LogP contribution in [0.3, 0.4) is 0 Å². The Bertz CT molecular complexity index is 3690. The van der Waals surface area contributed by atoms with E-state index in [0.717, 1.165) is 76.7 Å². The third kappa shape index (κ3) is 6.42. The zero-order valence-corrected chi connectivity index (χ0v) is 41.9. The summed E-state index contributed by atoms with van der Waals surface area (Å²) in [6, 6.07) is 57.9. The summed E-state index contributed by atoms with van der Waals surface area (Å²) in [5.41, 5.74) is 23.8. The predicted molar refractivity (Wildman–Crippen MR) is 299 cm³/mol. The van der Waals surface area contributed by atoms with Crippen molar-refractivity contribution < 1.29 is 4.42 Å². The normalized spacial score (nSPS) is 15.2. The highest BCUT2D eigenvalue weighted by molar-refractivity contribution is 6.93. The number of unbranched alkanes of at least 4 members (excludes halogenated alkanes) is 2. The van der Waals surface area contributed by atoms with E-state index >= 15 is 0 Å². The molecule has 5 heteroatoms. The summed E-state index contributed by atoms with van der Waals surface area (Å²) in [5.74, 6) is 0. The van der Waals surface area contributed by atoms with Gasteiger partial charge in [0.05, 0.1) is 11.0 Å². The fourth-order valence-corrected chi connectivity index (χ4v) is 12.9. The van der Waals surface area contributed by atoms with Crippen molar-refractivity contribution in [3.05, 3.63) is 179 Å².